The largest absolute Gasteiger partial charge is 0.322 e. The van der Waals surface area contributed by atoms with E-state index in [2.05, 4.69) is 63.3 Å². The molecule has 4 aromatic rings. The second kappa shape index (κ2) is 12.2. The molecule has 0 unspecified atom stereocenters. The Bertz CT molecular complexity index is 1450. The average Bonchev–Trinajstić information content (AvgIpc) is 3.43. The van der Waals surface area contributed by atoms with Crippen LogP contribution in [0.4, 0.5) is 11.4 Å². The van der Waals surface area contributed by atoms with E-state index >= 15 is 0 Å². The Hall–Kier alpha value is -4.07. The summed E-state index contributed by atoms with van der Waals surface area (Å²) < 4.78 is 1.84. The third-order valence-corrected chi connectivity index (χ3v) is 7.21. The maximum absolute atomic E-state index is 12.9. The Labute approximate surface area is 230 Å². The number of hydrogen-bond acceptors (Lipinski definition) is 5. The van der Waals surface area contributed by atoms with Crippen LogP contribution in [-0.4, -0.2) is 64.4 Å². The molecule has 0 aliphatic carbocycles. The van der Waals surface area contributed by atoms with E-state index in [1.807, 2.05) is 60.3 Å². The SMILES string of the molecule is CCN1CCN(Cc2ccc(NC(=O)c3ccc(N=Cc4cnn(-c5cccc(C)c5)c4)c(C)c3)cc2)CC1. The van der Waals surface area contributed by atoms with Crippen molar-refractivity contribution in [2.75, 3.05) is 38.0 Å². The highest BCUT2D eigenvalue weighted by molar-refractivity contribution is 6.04. The van der Waals surface area contributed by atoms with Gasteiger partial charge in [-0.15, -0.1) is 0 Å². The lowest BCUT2D eigenvalue weighted by molar-refractivity contribution is 0.102. The summed E-state index contributed by atoms with van der Waals surface area (Å²) in [5, 5.41) is 7.47. The van der Waals surface area contributed by atoms with Crippen molar-refractivity contribution in [3.8, 4) is 5.69 Å². The van der Waals surface area contributed by atoms with Crippen LogP contribution in [0.25, 0.3) is 5.69 Å². The average molecular weight is 521 g/mol. The van der Waals surface area contributed by atoms with Crippen LogP contribution in [-0.2, 0) is 6.54 Å². The van der Waals surface area contributed by atoms with Gasteiger partial charge in [-0.2, -0.15) is 5.10 Å². The monoisotopic (exact) mass is 520 g/mol. The second-order valence-corrected chi connectivity index (χ2v) is 10.2. The summed E-state index contributed by atoms with van der Waals surface area (Å²) in [4.78, 5) is 22.5. The first-order valence-corrected chi connectivity index (χ1v) is 13.6. The number of aromatic nitrogens is 2. The number of amides is 1. The molecule has 1 saturated heterocycles. The molecule has 0 saturated carbocycles. The van der Waals surface area contributed by atoms with E-state index in [4.69, 9.17) is 0 Å². The van der Waals surface area contributed by atoms with Crippen molar-refractivity contribution in [2.24, 2.45) is 4.99 Å². The molecule has 7 heteroatoms. The second-order valence-electron chi connectivity index (χ2n) is 10.2. The predicted molar refractivity (Wildman–Crippen MR) is 159 cm³/mol. The number of nitrogens with zero attached hydrogens (tertiary/aromatic N) is 5. The Kier molecular flexibility index (Phi) is 8.30. The highest BCUT2D eigenvalue weighted by atomic mass is 16.1. The van der Waals surface area contributed by atoms with Crippen LogP contribution in [0.15, 0.2) is 84.1 Å². The van der Waals surface area contributed by atoms with Crippen molar-refractivity contribution >= 4 is 23.5 Å². The number of hydrogen-bond donors (Lipinski definition) is 1. The topological polar surface area (TPSA) is 65.8 Å². The first-order valence-electron chi connectivity index (χ1n) is 13.6. The molecular weight excluding hydrogens is 484 g/mol. The first kappa shape index (κ1) is 26.5. The van der Waals surface area contributed by atoms with Crippen molar-refractivity contribution in [3.05, 3.63) is 107 Å². The van der Waals surface area contributed by atoms with E-state index < -0.39 is 0 Å². The fourth-order valence-electron chi connectivity index (χ4n) is 4.82. The minimum atomic E-state index is -0.128. The molecule has 1 amide bonds. The van der Waals surface area contributed by atoms with E-state index in [9.17, 15) is 4.79 Å². The number of benzene rings is 3. The highest BCUT2D eigenvalue weighted by Crippen LogP contribution is 2.21. The van der Waals surface area contributed by atoms with Crippen LogP contribution in [0.2, 0.25) is 0 Å². The summed E-state index contributed by atoms with van der Waals surface area (Å²) in [5.41, 5.74) is 7.53. The quantitative estimate of drug-likeness (QED) is 0.306. The van der Waals surface area contributed by atoms with Gasteiger partial charge in [-0.1, -0.05) is 31.2 Å². The number of carbonyl (C=O) groups excluding carboxylic acids is 1. The van der Waals surface area contributed by atoms with E-state index in [-0.39, 0.29) is 5.91 Å². The van der Waals surface area contributed by atoms with Gasteiger partial charge in [0.05, 0.1) is 17.6 Å². The molecular formula is C32H36N6O. The number of likely N-dealkylation sites (N-methyl/N-ethyl adjacent to an activating group) is 1. The van der Waals surface area contributed by atoms with E-state index in [1.165, 1.54) is 11.1 Å². The van der Waals surface area contributed by atoms with Crippen molar-refractivity contribution in [1.82, 2.24) is 19.6 Å². The van der Waals surface area contributed by atoms with E-state index in [1.54, 1.807) is 12.4 Å². The first-order chi connectivity index (χ1) is 19.0. The summed E-state index contributed by atoms with van der Waals surface area (Å²) >= 11 is 0. The number of anilines is 1. The van der Waals surface area contributed by atoms with E-state index in [0.717, 1.165) is 67.5 Å². The van der Waals surface area contributed by atoms with Crippen LogP contribution in [0.5, 0.6) is 0 Å². The van der Waals surface area contributed by atoms with Crippen molar-refractivity contribution in [3.63, 3.8) is 0 Å². The molecule has 0 bridgehead atoms. The Morgan fingerprint density at radius 1 is 0.974 bits per heavy atom. The molecule has 200 valence electrons. The molecule has 1 aromatic heterocycles. The summed E-state index contributed by atoms with van der Waals surface area (Å²) in [5.74, 6) is -0.128. The van der Waals surface area contributed by atoms with Crippen LogP contribution in [0.3, 0.4) is 0 Å². The molecule has 1 aliphatic rings. The Morgan fingerprint density at radius 2 is 1.74 bits per heavy atom. The highest BCUT2D eigenvalue weighted by Gasteiger charge is 2.15. The Balaban J connectivity index is 1.17. The molecule has 1 fully saturated rings. The van der Waals surface area contributed by atoms with Gasteiger partial charge in [-0.05, 0) is 79.5 Å². The molecule has 0 spiro atoms. The van der Waals surface area contributed by atoms with Crippen LogP contribution >= 0.6 is 0 Å². The lowest BCUT2D eigenvalue weighted by Gasteiger charge is -2.34. The third-order valence-electron chi connectivity index (χ3n) is 7.21. The number of rotatable bonds is 8. The Morgan fingerprint density at radius 3 is 2.46 bits per heavy atom. The van der Waals surface area contributed by atoms with Gasteiger partial charge in [0.2, 0.25) is 0 Å². The summed E-state index contributed by atoms with van der Waals surface area (Å²) in [7, 11) is 0. The molecule has 5 rings (SSSR count). The van der Waals surface area contributed by atoms with Gasteiger partial charge in [-0.25, -0.2) is 4.68 Å². The van der Waals surface area contributed by atoms with Crippen LogP contribution < -0.4 is 5.32 Å². The van der Waals surface area contributed by atoms with Crippen molar-refractivity contribution in [2.45, 2.75) is 27.3 Å². The lowest BCUT2D eigenvalue weighted by Crippen LogP contribution is -2.45. The zero-order valence-electron chi connectivity index (χ0n) is 23.0. The van der Waals surface area contributed by atoms with Gasteiger partial charge in [0.1, 0.15) is 0 Å². The number of piperazine rings is 1. The molecule has 7 nitrogen and oxygen atoms in total. The predicted octanol–water partition coefficient (Wildman–Crippen LogP) is 5.63. The molecule has 1 aliphatic heterocycles. The smallest absolute Gasteiger partial charge is 0.255 e. The summed E-state index contributed by atoms with van der Waals surface area (Å²) in [6, 6.07) is 21.9. The van der Waals surface area contributed by atoms with E-state index in [0.29, 0.717) is 5.56 Å². The van der Waals surface area contributed by atoms with Crippen LogP contribution in [0, 0.1) is 13.8 Å². The minimum Gasteiger partial charge on any atom is -0.322 e. The third kappa shape index (κ3) is 6.88. The maximum Gasteiger partial charge on any atom is 0.255 e. The van der Waals surface area contributed by atoms with Gasteiger partial charge in [-0.3, -0.25) is 14.7 Å². The molecule has 39 heavy (non-hydrogen) atoms. The van der Waals surface area contributed by atoms with Crippen molar-refractivity contribution in [1.29, 1.82) is 0 Å². The standard InChI is InChI=1S/C32H36N6O/c1-4-36-14-16-37(17-15-36)22-26-8-11-29(12-9-26)35-32(39)28-10-13-31(25(3)19-28)33-20-27-21-34-38(23-27)30-7-5-6-24(2)18-30/h5-13,18-21,23H,4,14-17,22H2,1-3H3,(H,35,39). The molecule has 0 atom stereocenters. The lowest BCUT2D eigenvalue weighted by atomic mass is 10.1. The maximum atomic E-state index is 12.9. The van der Waals surface area contributed by atoms with Gasteiger partial charge in [0.25, 0.3) is 5.91 Å². The molecule has 2 heterocycles. The summed E-state index contributed by atoms with van der Waals surface area (Å²) in [6.07, 6.45) is 5.54. The zero-order valence-corrected chi connectivity index (χ0v) is 23.0. The fourth-order valence-corrected chi connectivity index (χ4v) is 4.82. The van der Waals surface area contributed by atoms with Gasteiger partial charge in [0, 0.05) is 61.9 Å². The van der Waals surface area contributed by atoms with Crippen molar-refractivity contribution < 1.29 is 4.79 Å². The minimum absolute atomic E-state index is 0.128. The number of carbonyl (C=O) groups is 1. The number of nitrogens with one attached hydrogen (secondary N) is 1. The van der Waals surface area contributed by atoms with Gasteiger partial charge < -0.3 is 10.2 Å². The van der Waals surface area contributed by atoms with Crippen LogP contribution in [0.1, 0.15) is 39.5 Å². The van der Waals surface area contributed by atoms with Gasteiger partial charge >= 0.3 is 0 Å². The van der Waals surface area contributed by atoms with Gasteiger partial charge in [0.15, 0.2) is 0 Å². The number of aliphatic imine (C=N–C) groups is 1. The summed E-state index contributed by atoms with van der Waals surface area (Å²) in [6.45, 7) is 12.8. The molecule has 1 N–H and O–H groups in total. The molecule has 0 radical (unpaired) electrons. The molecule has 3 aromatic carbocycles. The number of aryl methyl sites for hydroxylation is 2. The fraction of sp³-hybridized carbons (Fsp3) is 0.281. The zero-order chi connectivity index (χ0) is 27.2. The normalized spacial score (nSPS) is 14.6.